The van der Waals surface area contributed by atoms with Crippen LogP contribution in [0.3, 0.4) is 0 Å². The lowest BCUT2D eigenvalue weighted by Gasteiger charge is -2.07. The molecular formula is C14H12N4O3S. The molecule has 0 fully saturated rings. The van der Waals surface area contributed by atoms with Crippen LogP contribution < -0.4 is 16.0 Å². The van der Waals surface area contributed by atoms with Crippen molar-refractivity contribution in [2.45, 2.75) is 5.16 Å². The van der Waals surface area contributed by atoms with Crippen molar-refractivity contribution in [3.8, 4) is 23.1 Å². The molecule has 2 aromatic rings. The first-order valence-electron chi connectivity index (χ1n) is 6.15. The molecule has 0 saturated heterocycles. The number of thioether (sulfide) groups is 1. The van der Waals surface area contributed by atoms with Gasteiger partial charge in [0.05, 0.1) is 5.69 Å². The van der Waals surface area contributed by atoms with Crippen molar-refractivity contribution in [1.82, 2.24) is 9.97 Å². The van der Waals surface area contributed by atoms with Gasteiger partial charge in [-0.15, -0.1) is 0 Å². The summed E-state index contributed by atoms with van der Waals surface area (Å²) >= 11 is 1.27. The molecule has 0 atom stereocenters. The minimum atomic E-state index is -0.572. The van der Waals surface area contributed by atoms with E-state index in [1.165, 1.54) is 11.8 Å². The number of hydrogen-bond donors (Lipinski definition) is 2. The zero-order valence-corrected chi connectivity index (χ0v) is 12.4. The quantitative estimate of drug-likeness (QED) is 0.624. The van der Waals surface area contributed by atoms with Gasteiger partial charge in [0.25, 0.3) is 11.5 Å². The molecule has 0 unspecified atom stereocenters. The van der Waals surface area contributed by atoms with Gasteiger partial charge in [0, 0.05) is 5.56 Å². The van der Waals surface area contributed by atoms with Crippen LogP contribution in [-0.4, -0.2) is 28.7 Å². The molecule has 0 radical (unpaired) electrons. The maximum absolute atomic E-state index is 11.9. The Bertz CT molecular complexity index is 793. The van der Waals surface area contributed by atoms with Crippen LogP contribution in [0.2, 0.25) is 0 Å². The molecule has 0 bridgehead atoms. The third-order valence-electron chi connectivity index (χ3n) is 2.71. The summed E-state index contributed by atoms with van der Waals surface area (Å²) in [5, 5.41) is 9.56. The predicted molar refractivity (Wildman–Crippen MR) is 81.5 cm³/mol. The molecule has 1 aromatic carbocycles. The molecule has 0 aliphatic carbocycles. The zero-order chi connectivity index (χ0) is 16.1. The number of rotatable bonds is 5. The minimum Gasteiger partial charge on any atom is -0.484 e. The summed E-state index contributed by atoms with van der Waals surface area (Å²) in [7, 11) is 0. The van der Waals surface area contributed by atoms with Crippen molar-refractivity contribution in [1.29, 1.82) is 5.26 Å². The Balaban J connectivity index is 2.40. The maximum Gasteiger partial charge on any atom is 0.270 e. The van der Waals surface area contributed by atoms with Crippen molar-refractivity contribution >= 4 is 17.7 Å². The summed E-state index contributed by atoms with van der Waals surface area (Å²) in [6.45, 7) is -0.220. The van der Waals surface area contributed by atoms with Crippen molar-refractivity contribution < 1.29 is 9.53 Å². The number of carbonyl (C=O) groups is 1. The highest BCUT2D eigenvalue weighted by Gasteiger charge is 2.13. The van der Waals surface area contributed by atoms with Crippen LogP contribution in [0.5, 0.6) is 5.75 Å². The standard InChI is InChI=1S/C14H12N4O3S/c1-22-14-17-12(10(6-15)13(20)18-14)8-2-4-9(5-3-8)21-7-11(16)19/h2-5H,7H2,1H3,(H2,16,19)(H,17,18,20). The van der Waals surface area contributed by atoms with Crippen molar-refractivity contribution in [2.75, 3.05) is 12.9 Å². The molecule has 0 saturated carbocycles. The number of nitriles is 1. The number of primary amides is 1. The molecule has 1 amide bonds. The molecule has 112 valence electrons. The fourth-order valence-corrected chi connectivity index (χ4v) is 2.10. The Kier molecular flexibility index (Phi) is 4.80. The number of aromatic amines is 1. The number of carbonyl (C=O) groups excluding carboxylic acids is 1. The fourth-order valence-electron chi connectivity index (χ4n) is 1.73. The van der Waals surface area contributed by atoms with Crippen LogP contribution in [-0.2, 0) is 4.79 Å². The Hall–Kier alpha value is -2.79. The zero-order valence-electron chi connectivity index (χ0n) is 11.6. The minimum absolute atomic E-state index is 0.0522. The maximum atomic E-state index is 11.9. The number of nitrogens with one attached hydrogen (secondary N) is 1. The van der Waals surface area contributed by atoms with Crippen LogP contribution in [0.25, 0.3) is 11.3 Å². The van der Waals surface area contributed by atoms with Gasteiger partial charge in [-0.05, 0) is 30.5 Å². The van der Waals surface area contributed by atoms with Crippen LogP contribution in [0.1, 0.15) is 5.56 Å². The van der Waals surface area contributed by atoms with Crippen LogP contribution in [0.4, 0.5) is 0 Å². The van der Waals surface area contributed by atoms with E-state index in [4.69, 9.17) is 15.7 Å². The fraction of sp³-hybridized carbons (Fsp3) is 0.143. The normalized spacial score (nSPS) is 10.0. The highest BCUT2D eigenvalue weighted by Crippen LogP contribution is 2.23. The van der Waals surface area contributed by atoms with Crippen molar-refractivity contribution in [3.63, 3.8) is 0 Å². The number of amides is 1. The Morgan fingerprint density at radius 2 is 2.14 bits per heavy atom. The molecule has 2 rings (SSSR count). The third kappa shape index (κ3) is 3.45. The summed E-state index contributed by atoms with van der Waals surface area (Å²) in [5.41, 5.74) is 5.37. The van der Waals surface area contributed by atoms with Crippen LogP contribution in [0.15, 0.2) is 34.2 Å². The molecule has 0 aliphatic rings. The summed E-state index contributed by atoms with van der Waals surface area (Å²) < 4.78 is 5.15. The molecule has 8 heteroatoms. The van der Waals surface area contributed by atoms with E-state index >= 15 is 0 Å². The first-order valence-corrected chi connectivity index (χ1v) is 7.37. The van der Waals surface area contributed by atoms with Gasteiger partial charge < -0.3 is 15.5 Å². The first-order chi connectivity index (χ1) is 10.5. The van der Waals surface area contributed by atoms with E-state index in [9.17, 15) is 9.59 Å². The summed E-state index contributed by atoms with van der Waals surface area (Å²) in [5.74, 6) is -0.118. The van der Waals surface area contributed by atoms with E-state index in [0.717, 1.165) is 0 Å². The predicted octanol–water partition coefficient (Wildman–Crippen LogP) is 0.895. The van der Waals surface area contributed by atoms with Gasteiger partial charge >= 0.3 is 0 Å². The average Bonchev–Trinajstić information content (AvgIpc) is 2.52. The van der Waals surface area contributed by atoms with Crippen molar-refractivity contribution in [3.05, 3.63) is 40.2 Å². The lowest BCUT2D eigenvalue weighted by Crippen LogP contribution is -2.20. The first kappa shape index (κ1) is 15.6. The second-order valence-electron chi connectivity index (χ2n) is 4.19. The third-order valence-corrected chi connectivity index (χ3v) is 3.29. The molecule has 7 nitrogen and oxygen atoms in total. The smallest absolute Gasteiger partial charge is 0.270 e. The molecule has 1 aromatic heterocycles. The number of hydrogen-bond acceptors (Lipinski definition) is 6. The lowest BCUT2D eigenvalue weighted by molar-refractivity contribution is -0.119. The van der Waals surface area contributed by atoms with E-state index in [1.54, 1.807) is 30.5 Å². The van der Waals surface area contributed by atoms with Gasteiger partial charge in [0.2, 0.25) is 0 Å². The lowest BCUT2D eigenvalue weighted by atomic mass is 10.1. The van der Waals surface area contributed by atoms with Crippen LogP contribution in [0, 0.1) is 11.3 Å². The summed E-state index contributed by atoms with van der Waals surface area (Å²) in [6, 6.07) is 8.40. The van der Waals surface area contributed by atoms with E-state index in [-0.39, 0.29) is 12.2 Å². The largest absolute Gasteiger partial charge is 0.484 e. The van der Waals surface area contributed by atoms with Gasteiger partial charge in [-0.1, -0.05) is 11.8 Å². The van der Waals surface area contributed by atoms with Gasteiger partial charge in [0.15, 0.2) is 11.8 Å². The molecule has 0 spiro atoms. The number of nitrogens with zero attached hydrogens (tertiary/aromatic N) is 2. The van der Waals surface area contributed by atoms with E-state index in [1.807, 2.05) is 6.07 Å². The monoisotopic (exact) mass is 316 g/mol. The second-order valence-corrected chi connectivity index (χ2v) is 4.98. The van der Waals surface area contributed by atoms with E-state index < -0.39 is 11.5 Å². The number of H-pyrrole nitrogens is 1. The SMILES string of the molecule is CSc1nc(-c2ccc(OCC(N)=O)cc2)c(C#N)c(=O)[nH]1. The van der Waals surface area contributed by atoms with Gasteiger partial charge in [-0.2, -0.15) is 5.26 Å². The second kappa shape index (κ2) is 6.78. The topological polar surface area (TPSA) is 122 Å². The van der Waals surface area contributed by atoms with Gasteiger partial charge in [-0.25, -0.2) is 4.98 Å². The molecule has 0 aliphatic heterocycles. The van der Waals surface area contributed by atoms with E-state index in [0.29, 0.717) is 22.2 Å². The number of benzene rings is 1. The summed E-state index contributed by atoms with van der Waals surface area (Å²) in [6.07, 6.45) is 1.77. The number of nitrogens with two attached hydrogens (primary N) is 1. The highest BCUT2D eigenvalue weighted by atomic mass is 32.2. The van der Waals surface area contributed by atoms with Gasteiger partial charge in [-0.3, -0.25) is 9.59 Å². The molecule has 3 N–H and O–H groups in total. The Morgan fingerprint density at radius 3 is 2.68 bits per heavy atom. The number of ether oxygens (including phenoxy) is 1. The van der Waals surface area contributed by atoms with Gasteiger partial charge in [0.1, 0.15) is 17.4 Å². The number of aromatic nitrogens is 2. The molecule has 22 heavy (non-hydrogen) atoms. The molecular weight excluding hydrogens is 304 g/mol. The highest BCUT2D eigenvalue weighted by molar-refractivity contribution is 7.98. The van der Waals surface area contributed by atoms with E-state index in [2.05, 4.69) is 9.97 Å². The van der Waals surface area contributed by atoms with Crippen molar-refractivity contribution in [2.24, 2.45) is 5.73 Å². The average molecular weight is 316 g/mol. The Labute approximate surface area is 130 Å². The van der Waals surface area contributed by atoms with Crippen LogP contribution >= 0.6 is 11.8 Å². The Morgan fingerprint density at radius 1 is 1.45 bits per heavy atom. The summed E-state index contributed by atoms with van der Waals surface area (Å²) in [4.78, 5) is 29.3. The molecule has 1 heterocycles.